The Hall–Kier alpha value is -3.11. The number of H-pyrrole nitrogens is 1. The number of ether oxygens (including phenoxy) is 1. The standard InChI is InChI=1S/C24H23FN2O/c25-22-12-5-4-11-20(22)24-19(10-6-7-15-26)21-16-18(13-14-23(21)27-24)28-17-8-2-1-3-9-17/h1-5,8-9,11-14,16,27H,6-7,10,15,26H2. The second-order valence-corrected chi connectivity index (χ2v) is 6.83. The lowest BCUT2D eigenvalue weighted by atomic mass is 10.00. The molecule has 4 aromatic rings. The zero-order chi connectivity index (χ0) is 19.3. The van der Waals surface area contributed by atoms with Crippen molar-refractivity contribution in [3.63, 3.8) is 0 Å². The molecule has 1 aromatic heterocycles. The maximum atomic E-state index is 14.5. The molecule has 3 nitrogen and oxygen atoms in total. The van der Waals surface area contributed by atoms with Crippen LogP contribution in [-0.4, -0.2) is 11.5 Å². The monoisotopic (exact) mass is 374 g/mol. The number of aromatic amines is 1. The van der Waals surface area contributed by atoms with Crippen molar-refractivity contribution >= 4 is 10.9 Å². The van der Waals surface area contributed by atoms with E-state index in [9.17, 15) is 4.39 Å². The number of aromatic nitrogens is 1. The molecule has 0 bridgehead atoms. The Labute approximate surface area is 164 Å². The maximum Gasteiger partial charge on any atom is 0.132 e. The minimum Gasteiger partial charge on any atom is -0.457 e. The van der Waals surface area contributed by atoms with Crippen molar-refractivity contribution < 1.29 is 9.13 Å². The summed E-state index contributed by atoms with van der Waals surface area (Å²) < 4.78 is 20.5. The highest BCUT2D eigenvalue weighted by Crippen LogP contribution is 2.35. The Kier molecular flexibility index (Phi) is 5.40. The van der Waals surface area contributed by atoms with Crippen LogP contribution in [0.1, 0.15) is 18.4 Å². The van der Waals surface area contributed by atoms with Gasteiger partial charge >= 0.3 is 0 Å². The van der Waals surface area contributed by atoms with Gasteiger partial charge in [0.2, 0.25) is 0 Å². The van der Waals surface area contributed by atoms with Gasteiger partial charge in [-0.15, -0.1) is 0 Å². The average Bonchev–Trinajstić information content (AvgIpc) is 3.07. The highest BCUT2D eigenvalue weighted by atomic mass is 19.1. The molecule has 0 atom stereocenters. The summed E-state index contributed by atoms with van der Waals surface area (Å²) in [7, 11) is 0. The molecule has 0 saturated carbocycles. The molecule has 0 unspecified atom stereocenters. The quantitative estimate of drug-likeness (QED) is 0.387. The van der Waals surface area contributed by atoms with E-state index in [0.29, 0.717) is 12.1 Å². The summed E-state index contributed by atoms with van der Waals surface area (Å²) in [5, 5.41) is 1.06. The van der Waals surface area contributed by atoms with E-state index in [1.807, 2.05) is 60.7 Å². The number of hydrogen-bond acceptors (Lipinski definition) is 2. The predicted octanol–water partition coefficient (Wildman–Crippen LogP) is 6.05. The number of nitrogens with two attached hydrogens (primary N) is 1. The van der Waals surface area contributed by atoms with Crippen LogP contribution in [0.2, 0.25) is 0 Å². The van der Waals surface area contributed by atoms with Gasteiger partial charge in [-0.2, -0.15) is 0 Å². The zero-order valence-corrected chi connectivity index (χ0v) is 15.6. The fourth-order valence-electron chi connectivity index (χ4n) is 3.51. The van der Waals surface area contributed by atoms with Gasteiger partial charge in [0, 0.05) is 16.5 Å². The van der Waals surface area contributed by atoms with Gasteiger partial charge in [0.15, 0.2) is 0 Å². The first-order valence-electron chi connectivity index (χ1n) is 9.59. The van der Waals surface area contributed by atoms with Crippen molar-refractivity contribution in [2.75, 3.05) is 6.54 Å². The molecule has 0 fully saturated rings. The van der Waals surface area contributed by atoms with E-state index in [2.05, 4.69) is 4.98 Å². The Balaban J connectivity index is 1.78. The molecule has 3 aromatic carbocycles. The van der Waals surface area contributed by atoms with E-state index in [0.717, 1.165) is 52.9 Å². The van der Waals surface area contributed by atoms with Crippen LogP contribution in [0.4, 0.5) is 4.39 Å². The summed E-state index contributed by atoms with van der Waals surface area (Å²) in [6.45, 7) is 0.653. The van der Waals surface area contributed by atoms with E-state index in [-0.39, 0.29) is 5.82 Å². The Morgan fingerprint density at radius 2 is 1.64 bits per heavy atom. The molecular formula is C24H23FN2O. The number of fused-ring (bicyclic) bond motifs is 1. The van der Waals surface area contributed by atoms with Crippen LogP contribution < -0.4 is 10.5 Å². The molecule has 0 aliphatic carbocycles. The molecule has 0 saturated heterocycles. The number of benzene rings is 3. The minimum atomic E-state index is -0.227. The summed E-state index contributed by atoms with van der Waals surface area (Å²) in [4.78, 5) is 3.41. The second kappa shape index (κ2) is 8.28. The third kappa shape index (κ3) is 3.78. The molecule has 0 radical (unpaired) electrons. The molecule has 28 heavy (non-hydrogen) atoms. The fourth-order valence-corrected chi connectivity index (χ4v) is 3.51. The normalized spacial score (nSPS) is 11.1. The highest BCUT2D eigenvalue weighted by molar-refractivity contribution is 5.92. The molecular weight excluding hydrogens is 351 g/mol. The number of unbranched alkanes of at least 4 members (excludes halogenated alkanes) is 1. The number of para-hydroxylation sites is 1. The van der Waals surface area contributed by atoms with Gasteiger partial charge in [0.25, 0.3) is 0 Å². The third-order valence-electron chi connectivity index (χ3n) is 4.88. The van der Waals surface area contributed by atoms with Gasteiger partial charge < -0.3 is 15.5 Å². The molecule has 142 valence electrons. The van der Waals surface area contributed by atoms with Crippen molar-refractivity contribution in [3.8, 4) is 22.8 Å². The third-order valence-corrected chi connectivity index (χ3v) is 4.88. The molecule has 3 N–H and O–H groups in total. The lowest BCUT2D eigenvalue weighted by molar-refractivity contribution is 0.483. The van der Waals surface area contributed by atoms with E-state index in [1.165, 1.54) is 6.07 Å². The van der Waals surface area contributed by atoms with Crippen molar-refractivity contribution in [2.45, 2.75) is 19.3 Å². The molecule has 0 spiro atoms. The Bertz CT molecular complexity index is 1070. The number of aryl methyl sites for hydroxylation is 1. The van der Waals surface area contributed by atoms with Crippen molar-refractivity contribution in [1.29, 1.82) is 0 Å². The van der Waals surface area contributed by atoms with Crippen LogP contribution in [0, 0.1) is 5.82 Å². The minimum absolute atomic E-state index is 0.227. The van der Waals surface area contributed by atoms with Crippen LogP contribution in [-0.2, 0) is 6.42 Å². The van der Waals surface area contributed by atoms with E-state index < -0.39 is 0 Å². The number of hydrogen-bond donors (Lipinski definition) is 2. The molecule has 1 heterocycles. The Morgan fingerprint density at radius 1 is 0.857 bits per heavy atom. The summed E-state index contributed by atoms with van der Waals surface area (Å²) in [5.74, 6) is 1.32. The summed E-state index contributed by atoms with van der Waals surface area (Å²) >= 11 is 0. The van der Waals surface area contributed by atoms with Crippen LogP contribution in [0.25, 0.3) is 22.2 Å². The van der Waals surface area contributed by atoms with Crippen molar-refractivity contribution in [2.24, 2.45) is 5.73 Å². The Morgan fingerprint density at radius 3 is 2.43 bits per heavy atom. The first kappa shape index (κ1) is 18.3. The van der Waals surface area contributed by atoms with Crippen LogP contribution in [0.5, 0.6) is 11.5 Å². The molecule has 0 aliphatic heterocycles. The van der Waals surface area contributed by atoms with E-state index in [1.54, 1.807) is 6.07 Å². The van der Waals surface area contributed by atoms with Crippen LogP contribution >= 0.6 is 0 Å². The highest BCUT2D eigenvalue weighted by Gasteiger charge is 2.16. The van der Waals surface area contributed by atoms with Gasteiger partial charge in [-0.25, -0.2) is 4.39 Å². The summed E-state index contributed by atoms with van der Waals surface area (Å²) in [6.07, 6.45) is 2.72. The van der Waals surface area contributed by atoms with E-state index in [4.69, 9.17) is 10.5 Å². The zero-order valence-electron chi connectivity index (χ0n) is 15.6. The van der Waals surface area contributed by atoms with E-state index >= 15 is 0 Å². The fraction of sp³-hybridized carbons (Fsp3) is 0.167. The van der Waals surface area contributed by atoms with Gasteiger partial charge in [0.1, 0.15) is 17.3 Å². The van der Waals surface area contributed by atoms with Crippen LogP contribution in [0.15, 0.2) is 72.8 Å². The maximum absolute atomic E-state index is 14.5. The van der Waals surface area contributed by atoms with Crippen molar-refractivity contribution in [3.05, 3.63) is 84.2 Å². The topological polar surface area (TPSA) is 51.0 Å². The molecule has 4 heteroatoms. The average molecular weight is 374 g/mol. The summed E-state index contributed by atoms with van der Waals surface area (Å²) in [6, 6.07) is 22.5. The molecule has 4 rings (SSSR count). The van der Waals surface area contributed by atoms with Gasteiger partial charge in [-0.05, 0) is 73.8 Å². The molecule has 0 aliphatic rings. The summed E-state index contributed by atoms with van der Waals surface area (Å²) in [5.41, 5.74) is 9.18. The SMILES string of the molecule is NCCCCc1c(-c2ccccc2F)[nH]c2ccc(Oc3ccccc3)cc12. The van der Waals surface area contributed by atoms with Crippen molar-refractivity contribution in [1.82, 2.24) is 4.98 Å². The lowest BCUT2D eigenvalue weighted by Crippen LogP contribution is -1.99. The number of nitrogens with one attached hydrogen (secondary N) is 1. The molecule has 0 amide bonds. The van der Waals surface area contributed by atoms with Gasteiger partial charge in [0.05, 0.1) is 5.69 Å². The lowest BCUT2D eigenvalue weighted by Gasteiger charge is -2.08. The first-order chi connectivity index (χ1) is 13.8. The second-order valence-electron chi connectivity index (χ2n) is 6.83. The number of halogens is 1. The van der Waals surface area contributed by atoms with Gasteiger partial charge in [-0.1, -0.05) is 30.3 Å². The smallest absolute Gasteiger partial charge is 0.132 e. The predicted molar refractivity (Wildman–Crippen MR) is 112 cm³/mol. The van der Waals surface area contributed by atoms with Gasteiger partial charge in [-0.3, -0.25) is 0 Å². The first-order valence-corrected chi connectivity index (χ1v) is 9.59. The number of rotatable bonds is 7. The largest absolute Gasteiger partial charge is 0.457 e. The van der Waals surface area contributed by atoms with Crippen LogP contribution in [0.3, 0.4) is 0 Å².